The van der Waals surface area contributed by atoms with Gasteiger partial charge in [0, 0.05) is 19.1 Å². The number of nitrogens with zero attached hydrogens (tertiary/aromatic N) is 1. The molecule has 0 atom stereocenters. The second-order valence-corrected chi connectivity index (χ2v) is 4.26. The van der Waals surface area contributed by atoms with Crippen molar-refractivity contribution in [2.45, 2.75) is 32.0 Å². The van der Waals surface area contributed by atoms with Gasteiger partial charge < -0.3 is 5.73 Å². The first-order valence-electron chi connectivity index (χ1n) is 5.38. The van der Waals surface area contributed by atoms with Crippen LogP contribution in [0.1, 0.15) is 24.0 Å². The summed E-state index contributed by atoms with van der Waals surface area (Å²) in [6.07, 6.45) is 2.54. The Hall–Kier alpha value is -0.930. The highest BCUT2D eigenvalue weighted by atomic mass is 19.1. The summed E-state index contributed by atoms with van der Waals surface area (Å²) < 4.78 is 13.1. The predicted molar refractivity (Wildman–Crippen MR) is 58.8 cm³/mol. The van der Waals surface area contributed by atoms with Crippen molar-refractivity contribution < 1.29 is 4.39 Å². The summed E-state index contributed by atoms with van der Waals surface area (Å²) >= 11 is 0. The summed E-state index contributed by atoms with van der Waals surface area (Å²) in [6.45, 7) is 1.28. The summed E-state index contributed by atoms with van der Waals surface area (Å²) in [4.78, 5) is 2.27. The second kappa shape index (κ2) is 4.29. The van der Waals surface area contributed by atoms with Crippen molar-refractivity contribution in [1.82, 2.24) is 4.90 Å². The van der Waals surface area contributed by atoms with E-state index < -0.39 is 0 Å². The van der Waals surface area contributed by atoms with Crippen molar-refractivity contribution in [2.75, 3.05) is 7.05 Å². The molecule has 15 heavy (non-hydrogen) atoms. The van der Waals surface area contributed by atoms with Gasteiger partial charge in [-0.1, -0.05) is 6.07 Å². The van der Waals surface area contributed by atoms with Crippen LogP contribution in [0.3, 0.4) is 0 Å². The van der Waals surface area contributed by atoms with Crippen LogP contribution in [0.2, 0.25) is 0 Å². The molecule has 0 bridgehead atoms. The molecule has 1 aliphatic rings. The minimum Gasteiger partial charge on any atom is -0.326 e. The summed E-state index contributed by atoms with van der Waals surface area (Å²) in [5.74, 6) is -0.175. The lowest BCUT2D eigenvalue weighted by molar-refractivity contribution is 0.315. The molecule has 0 spiro atoms. The monoisotopic (exact) mass is 208 g/mol. The van der Waals surface area contributed by atoms with Crippen LogP contribution in [-0.2, 0) is 13.1 Å². The number of rotatable bonds is 4. The van der Waals surface area contributed by atoms with Crippen LogP contribution in [0.25, 0.3) is 0 Å². The van der Waals surface area contributed by atoms with Gasteiger partial charge in [-0.05, 0) is 43.1 Å². The van der Waals surface area contributed by atoms with Gasteiger partial charge in [0.15, 0.2) is 0 Å². The van der Waals surface area contributed by atoms with E-state index in [4.69, 9.17) is 5.73 Å². The topological polar surface area (TPSA) is 29.3 Å². The zero-order chi connectivity index (χ0) is 10.8. The van der Waals surface area contributed by atoms with Crippen molar-refractivity contribution in [3.63, 3.8) is 0 Å². The molecule has 2 nitrogen and oxygen atoms in total. The Bertz CT molecular complexity index is 347. The Balaban J connectivity index is 2.13. The Morgan fingerprint density at radius 1 is 1.40 bits per heavy atom. The van der Waals surface area contributed by atoms with Crippen molar-refractivity contribution in [1.29, 1.82) is 0 Å². The highest BCUT2D eigenvalue weighted by Gasteiger charge is 2.26. The zero-order valence-electron chi connectivity index (χ0n) is 9.04. The molecule has 0 heterocycles. The largest absolute Gasteiger partial charge is 0.326 e. The minimum absolute atomic E-state index is 0.175. The van der Waals surface area contributed by atoms with Gasteiger partial charge >= 0.3 is 0 Å². The van der Waals surface area contributed by atoms with E-state index in [-0.39, 0.29) is 5.82 Å². The Morgan fingerprint density at radius 3 is 2.73 bits per heavy atom. The van der Waals surface area contributed by atoms with E-state index in [9.17, 15) is 4.39 Å². The number of benzene rings is 1. The summed E-state index contributed by atoms with van der Waals surface area (Å²) in [5, 5.41) is 0. The fraction of sp³-hybridized carbons (Fsp3) is 0.500. The first-order chi connectivity index (χ1) is 7.20. The van der Waals surface area contributed by atoms with E-state index in [2.05, 4.69) is 11.9 Å². The van der Waals surface area contributed by atoms with E-state index in [1.54, 1.807) is 12.1 Å². The standard InChI is InChI=1S/C12H17FN2/c1-15(12-4-5-12)8-10-6-11(13)3-2-9(10)7-14/h2-3,6,12H,4-5,7-8,14H2,1H3. The Morgan fingerprint density at radius 2 is 2.13 bits per heavy atom. The van der Waals surface area contributed by atoms with Gasteiger partial charge in [-0.2, -0.15) is 0 Å². The van der Waals surface area contributed by atoms with Gasteiger partial charge in [0.1, 0.15) is 5.82 Å². The van der Waals surface area contributed by atoms with Gasteiger partial charge in [-0.25, -0.2) is 4.39 Å². The summed E-state index contributed by atoms with van der Waals surface area (Å²) in [7, 11) is 2.09. The third-order valence-corrected chi connectivity index (χ3v) is 2.98. The van der Waals surface area contributed by atoms with Crippen LogP contribution in [0, 0.1) is 5.82 Å². The Labute approximate surface area is 89.9 Å². The molecule has 1 aromatic rings. The molecule has 0 aliphatic heterocycles. The van der Waals surface area contributed by atoms with Crippen LogP contribution in [-0.4, -0.2) is 18.0 Å². The van der Waals surface area contributed by atoms with Crippen LogP contribution in [0.15, 0.2) is 18.2 Å². The third-order valence-electron chi connectivity index (χ3n) is 2.98. The predicted octanol–water partition coefficient (Wildman–Crippen LogP) is 1.88. The second-order valence-electron chi connectivity index (χ2n) is 4.26. The minimum atomic E-state index is -0.175. The van der Waals surface area contributed by atoms with Gasteiger partial charge in [0.2, 0.25) is 0 Å². The third kappa shape index (κ3) is 2.55. The Kier molecular flexibility index (Phi) is 3.03. The lowest BCUT2D eigenvalue weighted by Gasteiger charge is -2.17. The zero-order valence-corrected chi connectivity index (χ0v) is 9.04. The maximum atomic E-state index is 13.1. The van der Waals surface area contributed by atoms with Crippen LogP contribution >= 0.6 is 0 Å². The molecule has 0 unspecified atom stereocenters. The molecular weight excluding hydrogens is 191 g/mol. The quantitative estimate of drug-likeness (QED) is 0.818. The van der Waals surface area contributed by atoms with Crippen molar-refractivity contribution in [2.24, 2.45) is 5.73 Å². The molecule has 1 saturated carbocycles. The van der Waals surface area contributed by atoms with Crippen molar-refractivity contribution in [3.05, 3.63) is 35.1 Å². The molecule has 3 heteroatoms. The highest BCUT2D eigenvalue weighted by Crippen LogP contribution is 2.27. The van der Waals surface area contributed by atoms with Gasteiger partial charge in [-0.3, -0.25) is 4.90 Å². The highest BCUT2D eigenvalue weighted by molar-refractivity contribution is 5.27. The molecule has 1 aromatic carbocycles. The average molecular weight is 208 g/mol. The van der Waals surface area contributed by atoms with Crippen molar-refractivity contribution in [3.8, 4) is 0 Å². The van der Waals surface area contributed by atoms with Crippen LogP contribution in [0.5, 0.6) is 0 Å². The first kappa shape index (κ1) is 10.6. The van der Waals surface area contributed by atoms with E-state index in [1.165, 1.54) is 18.9 Å². The fourth-order valence-electron chi connectivity index (χ4n) is 1.85. The normalized spacial score (nSPS) is 16.0. The van der Waals surface area contributed by atoms with E-state index in [1.807, 2.05) is 0 Å². The van der Waals surface area contributed by atoms with E-state index >= 15 is 0 Å². The average Bonchev–Trinajstić information content (AvgIpc) is 3.01. The molecular formula is C12H17FN2. The maximum absolute atomic E-state index is 13.1. The number of hydrogen-bond donors (Lipinski definition) is 1. The van der Waals surface area contributed by atoms with Crippen molar-refractivity contribution >= 4 is 0 Å². The first-order valence-corrected chi connectivity index (χ1v) is 5.38. The molecule has 0 aromatic heterocycles. The molecule has 0 radical (unpaired) electrons. The fourth-order valence-corrected chi connectivity index (χ4v) is 1.85. The molecule has 2 N–H and O–H groups in total. The van der Waals surface area contributed by atoms with E-state index in [0.717, 1.165) is 17.7 Å². The van der Waals surface area contributed by atoms with Crippen LogP contribution in [0.4, 0.5) is 4.39 Å². The van der Waals surface area contributed by atoms with Crippen LogP contribution < -0.4 is 5.73 Å². The maximum Gasteiger partial charge on any atom is 0.123 e. The lowest BCUT2D eigenvalue weighted by atomic mass is 10.1. The van der Waals surface area contributed by atoms with Gasteiger partial charge in [-0.15, -0.1) is 0 Å². The summed E-state index contributed by atoms with van der Waals surface area (Å²) in [5.41, 5.74) is 7.69. The molecule has 0 saturated heterocycles. The van der Waals surface area contributed by atoms with E-state index in [0.29, 0.717) is 12.6 Å². The molecule has 2 rings (SSSR count). The molecule has 0 amide bonds. The smallest absolute Gasteiger partial charge is 0.123 e. The molecule has 1 fully saturated rings. The number of halogens is 1. The van der Waals surface area contributed by atoms with Gasteiger partial charge in [0.05, 0.1) is 0 Å². The SMILES string of the molecule is CN(Cc1cc(F)ccc1CN)C1CC1. The summed E-state index contributed by atoms with van der Waals surface area (Å²) in [6, 6.07) is 5.55. The van der Waals surface area contributed by atoms with Gasteiger partial charge in [0.25, 0.3) is 0 Å². The molecule has 1 aliphatic carbocycles. The lowest BCUT2D eigenvalue weighted by Crippen LogP contribution is -2.21. The number of nitrogens with two attached hydrogens (primary N) is 1. The molecule has 82 valence electrons. The number of hydrogen-bond acceptors (Lipinski definition) is 2.